The van der Waals surface area contributed by atoms with Gasteiger partial charge < -0.3 is 10.2 Å². The molecule has 1 aromatic rings. The Balaban J connectivity index is 2.72. The van der Waals surface area contributed by atoms with Crippen LogP contribution in [-0.2, 0) is 6.54 Å². The van der Waals surface area contributed by atoms with Crippen LogP contribution >= 0.6 is 15.9 Å². The number of rotatable bonds is 6. The van der Waals surface area contributed by atoms with Crippen LogP contribution in [0.5, 0.6) is 0 Å². The summed E-state index contributed by atoms with van der Waals surface area (Å²) in [5, 5.41) is 3.43. The van der Waals surface area contributed by atoms with Gasteiger partial charge in [0.2, 0.25) is 0 Å². The minimum Gasteiger partial charge on any atom is -0.374 e. The van der Waals surface area contributed by atoms with Crippen molar-refractivity contribution < 1.29 is 0 Å². The van der Waals surface area contributed by atoms with E-state index in [1.807, 2.05) is 0 Å². The van der Waals surface area contributed by atoms with E-state index in [9.17, 15) is 0 Å². The summed E-state index contributed by atoms with van der Waals surface area (Å²) in [6.45, 7) is 8.54. The summed E-state index contributed by atoms with van der Waals surface area (Å²) in [5.41, 5.74) is 2.58. The number of nitrogens with zero attached hydrogens (tertiary/aromatic N) is 1. The van der Waals surface area contributed by atoms with Crippen molar-refractivity contribution in [1.82, 2.24) is 5.32 Å². The highest BCUT2D eigenvalue weighted by atomic mass is 79.9. The highest BCUT2D eigenvalue weighted by molar-refractivity contribution is 9.10. The Hall–Kier alpha value is -0.540. The minimum atomic E-state index is 0.524. The number of nitrogens with one attached hydrogen (secondary N) is 1. The molecule has 0 spiro atoms. The molecule has 0 aliphatic carbocycles. The van der Waals surface area contributed by atoms with Crippen molar-refractivity contribution in [2.45, 2.75) is 39.8 Å². The molecule has 0 atom stereocenters. The van der Waals surface area contributed by atoms with Gasteiger partial charge in [0, 0.05) is 30.7 Å². The van der Waals surface area contributed by atoms with E-state index in [2.05, 4.69) is 72.2 Å². The fraction of sp³-hybridized carbons (Fsp3) is 0.571. The number of halogens is 1. The molecule has 0 unspecified atom stereocenters. The SMILES string of the molecule is CCCN(C)c1ccc(CNC(C)C)cc1Br. The van der Waals surface area contributed by atoms with Crippen LogP contribution in [0.25, 0.3) is 0 Å². The third-order valence-corrected chi connectivity index (χ3v) is 3.33. The lowest BCUT2D eigenvalue weighted by Crippen LogP contribution is -2.22. The van der Waals surface area contributed by atoms with Gasteiger partial charge in [0.05, 0.1) is 5.69 Å². The lowest BCUT2D eigenvalue weighted by atomic mass is 10.2. The average molecular weight is 299 g/mol. The molecule has 96 valence electrons. The Bertz CT molecular complexity index is 350. The van der Waals surface area contributed by atoms with Gasteiger partial charge in [-0.25, -0.2) is 0 Å². The van der Waals surface area contributed by atoms with E-state index in [4.69, 9.17) is 0 Å². The summed E-state index contributed by atoms with van der Waals surface area (Å²) >= 11 is 3.66. The molecule has 0 heterocycles. The lowest BCUT2D eigenvalue weighted by Gasteiger charge is -2.20. The summed E-state index contributed by atoms with van der Waals surface area (Å²) < 4.78 is 1.18. The van der Waals surface area contributed by atoms with Crippen molar-refractivity contribution in [2.75, 3.05) is 18.5 Å². The van der Waals surface area contributed by atoms with Gasteiger partial charge in [-0.15, -0.1) is 0 Å². The van der Waals surface area contributed by atoms with E-state index in [-0.39, 0.29) is 0 Å². The van der Waals surface area contributed by atoms with Crippen LogP contribution in [0.4, 0.5) is 5.69 Å². The second kappa shape index (κ2) is 7.02. The predicted molar refractivity (Wildman–Crippen MR) is 79.7 cm³/mol. The summed E-state index contributed by atoms with van der Waals surface area (Å²) in [4.78, 5) is 2.28. The Morgan fingerprint density at radius 3 is 2.59 bits per heavy atom. The fourth-order valence-electron chi connectivity index (χ4n) is 1.75. The van der Waals surface area contributed by atoms with Crippen LogP contribution in [0.1, 0.15) is 32.8 Å². The van der Waals surface area contributed by atoms with Crippen LogP contribution in [0.15, 0.2) is 22.7 Å². The van der Waals surface area contributed by atoms with Crippen LogP contribution in [0.3, 0.4) is 0 Å². The molecule has 2 nitrogen and oxygen atoms in total. The first-order valence-corrected chi connectivity index (χ1v) is 7.06. The molecule has 0 saturated carbocycles. The van der Waals surface area contributed by atoms with Crippen LogP contribution in [-0.4, -0.2) is 19.6 Å². The van der Waals surface area contributed by atoms with E-state index < -0.39 is 0 Å². The smallest absolute Gasteiger partial charge is 0.0508 e. The Morgan fingerprint density at radius 1 is 1.35 bits per heavy atom. The monoisotopic (exact) mass is 298 g/mol. The summed E-state index contributed by atoms with van der Waals surface area (Å²) in [6.07, 6.45) is 1.17. The molecule has 1 aromatic carbocycles. The quantitative estimate of drug-likeness (QED) is 0.859. The Labute approximate surface area is 114 Å². The second-order valence-corrected chi connectivity index (χ2v) is 5.60. The molecule has 0 aliphatic heterocycles. The third-order valence-electron chi connectivity index (χ3n) is 2.70. The average Bonchev–Trinajstić information content (AvgIpc) is 2.26. The molecule has 0 saturated heterocycles. The van der Waals surface area contributed by atoms with Crippen molar-refractivity contribution in [2.24, 2.45) is 0 Å². The number of benzene rings is 1. The van der Waals surface area contributed by atoms with Gasteiger partial charge in [-0.05, 0) is 40.0 Å². The summed E-state index contributed by atoms with van der Waals surface area (Å²) in [7, 11) is 2.13. The zero-order chi connectivity index (χ0) is 12.8. The molecule has 0 aromatic heterocycles. The number of anilines is 1. The zero-order valence-corrected chi connectivity index (χ0v) is 12.8. The van der Waals surface area contributed by atoms with E-state index in [0.717, 1.165) is 13.1 Å². The molecule has 1 N–H and O–H groups in total. The molecule has 0 amide bonds. The van der Waals surface area contributed by atoms with Gasteiger partial charge >= 0.3 is 0 Å². The molecule has 17 heavy (non-hydrogen) atoms. The van der Waals surface area contributed by atoms with Gasteiger partial charge in [0.25, 0.3) is 0 Å². The first-order valence-electron chi connectivity index (χ1n) is 6.27. The predicted octanol–water partition coefficient (Wildman–Crippen LogP) is 3.79. The van der Waals surface area contributed by atoms with Gasteiger partial charge in [0.15, 0.2) is 0 Å². The molecular formula is C14H23BrN2. The van der Waals surface area contributed by atoms with Crippen molar-refractivity contribution in [3.63, 3.8) is 0 Å². The highest BCUT2D eigenvalue weighted by Crippen LogP contribution is 2.26. The van der Waals surface area contributed by atoms with Crippen LogP contribution in [0, 0.1) is 0 Å². The van der Waals surface area contributed by atoms with Crippen LogP contribution in [0.2, 0.25) is 0 Å². The van der Waals surface area contributed by atoms with Crippen LogP contribution < -0.4 is 10.2 Å². The molecule has 3 heteroatoms. The third kappa shape index (κ3) is 4.68. The van der Waals surface area contributed by atoms with E-state index in [1.54, 1.807) is 0 Å². The normalized spacial score (nSPS) is 10.9. The van der Waals surface area contributed by atoms with Crippen molar-refractivity contribution in [3.05, 3.63) is 28.2 Å². The highest BCUT2D eigenvalue weighted by Gasteiger charge is 2.06. The molecular weight excluding hydrogens is 276 g/mol. The maximum absolute atomic E-state index is 3.66. The van der Waals surface area contributed by atoms with Gasteiger partial charge in [0.1, 0.15) is 0 Å². The van der Waals surface area contributed by atoms with Gasteiger partial charge in [-0.3, -0.25) is 0 Å². The van der Waals surface area contributed by atoms with Gasteiger partial charge in [-0.1, -0.05) is 26.8 Å². The Kier molecular flexibility index (Phi) is 6.00. The standard InChI is InChI=1S/C14H23BrN2/c1-5-8-17(4)14-7-6-12(9-13(14)15)10-16-11(2)3/h6-7,9,11,16H,5,8,10H2,1-4H3. The van der Waals surface area contributed by atoms with Crippen molar-refractivity contribution in [1.29, 1.82) is 0 Å². The van der Waals surface area contributed by atoms with Gasteiger partial charge in [-0.2, -0.15) is 0 Å². The maximum atomic E-state index is 3.66. The van der Waals surface area contributed by atoms with E-state index in [0.29, 0.717) is 6.04 Å². The molecule has 0 radical (unpaired) electrons. The minimum absolute atomic E-state index is 0.524. The molecule has 0 aliphatic rings. The lowest BCUT2D eigenvalue weighted by molar-refractivity contribution is 0.589. The molecule has 0 bridgehead atoms. The number of hydrogen-bond donors (Lipinski definition) is 1. The first-order chi connectivity index (χ1) is 8.04. The summed E-state index contributed by atoms with van der Waals surface area (Å²) in [5.74, 6) is 0. The Morgan fingerprint density at radius 2 is 2.06 bits per heavy atom. The molecule has 0 fully saturated rings. The van der Waals surface area contributed by atoms with Crippen molar-refractivity contribution in [3.8, 4) is 0 Å². The maximum Gasteiger partial charge on any atom is 0.0508 e. The first kappa shape index (κ1) is 14.5. The molecule has 1 rings (SSSR count). The van der Waals surface area contributed by atoms with E-state index >= 15 is 0 Å². The zero-order valence-electron chi connectivity index (χ0n) is 11.3. The fourth-order valence-corrected chi connectivity index (χ4v) is 2.48. The second-order valence-electron chi connectivity index (χ2n) is 4.74. The van der Waals surface area contributed by atoms with E-state index in [1.165, 1.54) is 22.1 Å². The number of hydrogen-bond acceptors (Lipinski definition) is 2. The largest absolute Gasteiger partial charge is 0.374 e. The topological polar surface area (TPSA) is 15.3 Å². The van der Waals surface area contributed by atoms with Crippen molar-refractivity contribution >= 4 is 21.6 Å². The summed E-state index contributed by atoms with van der Waals surface area (Å²) in [6, 6.07) is 7.12.